The summed E-state index contributed by atoms with van der Waals surface area (Å²) >= 11 is 0. The standard InChI is InChI=1S/C18H27N/c1-13-7-3-5-9-17(13)15-11-16(12-15)19-18-10-6-4-8-14(18)2/h3,5,7,9,14-16,18-19H,4,6,8,10-12H2,1-2H3. The van der Waals surface area contributed by atoms with E-state index in [9.17, 15) is 0 Å². The van der Waals surface area contributed by atoms with Crippen LogP contribution < -0.4 is 5.32 Å². The van der Waals surface area contributed by atoms with E-state index in [2.05, 4.69) is 43.4 Å². The summed E-state index contributed by atoms with van der Waals surface area (Å²) < 4.78 is 0. The molecule has 0 spiro atoms. The number of rotatable bonds is 3. The molecule has 2 saturated carbocycles. The van der Waals surface area contributed by atoms with Crippen LogP contribution in [0.2, 0.25) is 0 Å². The maximum atomic E-state index is 3.92. The van der Waals surface area contributed by atoms with E-state index in [0.717, 1.165) is 23.9 Å². The Morgan fingerprint density at radius 1 is 1.05 bits per heavy atom. The number of hydrogen-bond donors (Lipinski definition) is 1. The molecule has 0 aromatic heterocycles. The topological polar surface area (TPSA) is 12.0 Å². The van der Waals surface area contributed by atoms with Crippen molar-refractivity contribution in [2.45, 2.75) is 70.4 Å². The Balaban J connectivity index is 1.51. The summed E-state index contributed by atoms with van der Waals surface area (Å²) in [4.78, 5) is 0. The molecule has 0 heterocycles. The van der Waals surface area contributed by atoms with E-state index in [1.807, 2.05) is 0 Å². The highest BCUT2D eigenvalue weighted by Gasteiger charge is 2.33. The normalized spacial score (nSPS) is 34.8. The van der Waals surface area contributed by atoms with Gasteiger partial charge in [0.05, 0.1) is 0 Å². The monoisotopic (exact) mass is 257 g/mol. The van der Waals surface area contributed by atoms with Gasteiger partial charge in [0.1, 0.15) is 0 Å². The van der Waals surface area contributed by atoms with E-state index in [1.54, 1.807) is 5.56 Å². The highest BCUT2D eigenvalue weighted by atomic mass is 15.0. The van der Waals surface area contributed by atoms with Crippen molar-refractivity contribution in [3.05, 3.63) is 35.4 Å². The summed E-state index contributed by atoms with van der Waals surface area (Å²) in [5.41, 5.74) is 3.05. The fourth-order valence-electron chi connectivity index (χ4n) is 3.92. The SMILES string of the molecule is Cc1ccccc1C1CC(NC2CCCCC2C)C1. The first-order valence-corrected chi connectivity index (χ1v) is 8.05. The number of hydrogen-bond acceptors (Lipinski definition) is 1. The highest BCUT2D eigenvalue weighted by molar-refractivity contribution is 5.31. The van der Waals surface area contributed by atoms with Crippen LogP contribution in [-0.2, 0) is 0 Å². The molecule has 0 amide bonds. The molecule has 0 aliphatic heterocycles. The first-order chi connectivity index (χ1) is 9.24. The first kappa shape index (κ1) is 13.2. The van der Waals surface area contributed by atoms with E-state index in [-0.39, 0.29) is 0 Å². The molecule has 2 unspecified atom stereocenters. The van der Waals surface area contributed by atoms with Gasteiger partial charge in [-0.3, -0.25) is 0 Å². The predicted molar refractivity (Wildman–Crippen MR) is 81.5 cm³/mol. The van der Waals surface area contributed by atoms with Crippen molar-refractivity contribution in [2.75, 3.05) is 0 Å². The maximum Gasteiger partial charge on any atom is 0.00952 e. The van der Waals surface area contributed by atoms with Gasteiger partial charge in [0, 0.05) is 12.1 Å². The Morgan fingerprint density at radius 3 is 2.53 bits per heavy atom. The zero-order chi connectivity index (χ0) is 13.2. The van der Waals surface area contributed by atoms with Gasteiger partial charge in [-0.2, -0.15) is 0 Å². The van der Waals surface area contributed by atoms with E-state index >= 15 is 0 Å². The maximum absolute atomic E-state index is 3.92. The summed E-state index contributed by atoms with van der Waals surface area (Å²) in [6.07, 6.45) is 8.37. The van der Waals surface area contributed by atoms with Crippen molar-refractivity contribution >= 4 is 0 Å². The lowest BCUT2D eigenvalue weighted by Crippen LogP contribution is -2.48. The minimum Gasteiger partial charge on any atom is -0.311 e. The van der Waals surface area contributed by atoms with Gasteiger partial charge in [0.2, 0.25) is 0 Å². The van der Waals surface area contributed by atoms with Crippen LogP contribution in [0.5, 0.6) is 0 Å². The zero-order valence-electron chi connectivity index (χ0n) is 12.4. The third kappa shape index (κ3) is 2.86. The van der Waals surface area contributed by atoms with Crippen molar-refractivity contribution in [3.8, 4) is 0 Å². The summed E-state index contributed by atoms with van der Waals surface area (Å²) in [5, 5.41) is 3.92. The van der Waals surface area contributed by atoms with Crippen LogP contribution in [0.4, 0.5) is 0 Å². The van der Waals surface area contributed by atoms with Crippen LogP contribution in [0.3, 0.4) is 0 Å². The minimum absolute atomic E-state index is 0.773. The van der Waals surface area contributed by atoms with Gasteiger partial charge in [0.25, 0.3) is 0 Å². The van der Waals surface area contributed by atoms with E-state index in [4.69, 9.17) is 0 Å². The molecule has 1 nitrogen and oxygen atoms in total. The van der Waals surface area contributed by atoms with Crippen LogP contribution in [-0.4, -0.2) is 12.1 Å². The lowest BCUT2D eigenvalue weighted by Gasteiger charge is -2.42. The average Bonchev–Trinajstić information content (AvgIpc) is 2.37. The lowest BCUT2D eigenvalue weighted by atomic mass is 9.73. The van der Waals surface area contributed by atoms with Gasteiger partial charge in [-0.15, -0.1) is 0 Å². The highest BCUT2D eigenvalue weighted by Crippen LogP contribution is 2.39. The Labute approximate surface area is 117 Å². The molecule has 104 valence electrons. The molecule has 1 aromatic carbocycles. The summed E-state index contributed by atoms with van der Waals surface area (Å²) in [6, 6.07) is 10.5. The van der Waals surface area contributed by atoms with Crippen LogP contribution in [0.25, 0.3) is 0 Å². The third-order valence-corrected chi connectivity index (χ3v) is 5.33. The largest absolute Gasteiger partial charge is 0.311 e. The van der Waals surface area contributed by atoms with Crippen molar-refractivity contribution in [1.29, 1.82) is 0 Å². The van der Waals surface area contributed by atoms with E-state index < -0.39 is 0 Å². The first-order valence-electron chi connectivity index (χ1n) is 8.05. The average molecular weight is 257 g/mol. The van der Waals surface area contributed by atoms with E-state index in [1.165, 1.54) is 44.1 Å². The lowest BCUT2D eigenvalue weighted by molar-refractivity contribution is 0.201. The number of nitrogens with one attached hydrogen (secondary N) is 1. The molecule has 1 N–H and O–H groups in total. The molecular formula is C18H27N. The van der Waals surface area contributed by atoms with Crippen molar-refractivity contribution in [1.82, 2.24) is 5.32 Å². The Bertz CT molecular complexity index is 419. The summed E-state index contributed by atoms with van der Waals surface area (Å²) in [6.45, 7) is 4.67. The fourth-order valence-corrected chi connectivity index (χ4v) is 3.92. The van der Waals surface area contributed by atoms with Crippen molar-refractivity contribution < 1.29 is 0 Å². The molecular weight excluding hydrogens is 230 g/mol. The molecule has 19 heavy (non-hydrogen) atoms. The van der Waals surface area contributed by atoms with Gasteiger partial charge < -0.3 is 5.32 Å². The molecule has 0 saturated heterocycles. The van der Waals surface area contributed by atoms with Crippen molar-refractivity contribution in [3.63, 3.8) is 0 Å². The summed E-state index contributed by atoms with van der Waals surface area (Å²) in [7, 11) is 0. The Kier molecular flexibility index (Phi) is 3.93. The van der Waals surface area contributed by atoms with Gasteiger partial charge in [-0.05, 0) is 55.6 Å². The second kappa shape index (κ2) is 5.66. The van der Waals surface area contributed by atoms with Gasteiger partial charge in [0.15, 0.2) is 0 Å². The smallest absolute Gasteiger partial charge is 0.00952 e. The Morgan fingerprint density at radius 2 is 1.79 bits per heavy atom. The molecule has 0 bridgehead atoms. The molecule has 1 aromatic rings. The van der Waals surface area contributed by atoms with Crippen LogP contribution >= 0.6 is 0 Å². The molecule has 2 aliphatic rings. The minimum atomic E-state index is 0.773. The van der Waals surface area contributed by atoms with Gasteiger partial charge >= 0.3 is 0 Å². The third-order valence-electron chi connectivity index (χ3n) is 5.33. The van der Waals surface area contributed by atoms with Gasteiger partial charge in [-0.1, -0.05) is 44.0 Å². The Hall–Kier alpha value is -0.820. The zero-order valence-corrected chi connectivity index (χ0v) is 12.4. The predicted octanol–water partition coefficient (Wildman–Crippen LogP) is 4.41. The molecule has 2 atom stereocenters. The fraction of sp³-hybridized carbons (Fsp3) is 0.667. The molecule has 3 rings (SSSR count). The van der Waals surface area contributed by atoms with Gasteiger partial charge in [-0.25, -0.2) is 0 Å². The number of benzene rings is 1. The second-order valence-corrected chi connectivity index (χ2v) is 6.76. The molecule has 2 aliphatic carbocycles. The molecule has 2 fully saturated rings. The number of aryl methyl sites for hydroxylation is 1. The molecule has 0 radical (unpaired) electrons. The summed E-state index contributed by atoms with van der Waals surface area (Å²) in [5.74, 6) is 1.68. The quantitative estimate of drug-likeness (QED) is 0.845. The van der Waals surface area contributed by atoms with Crippen LogP contribution in [0, 0.1) is 12.8 Å². The molecule has 1 heteroatoms. The van der Waals surface area contributed by atoms with Crippen LogP contribution in [0.15, 0.2) is 24.3 Å². The second-order valence-electron chi connectivity index (χ2n) is 6.76. The van der Waals surface area contributed by atoms with Crippen LogP contribution in [0.1, 0.15) is 62.5 Å². The van der Waals surface area contributed by atoms with E-state index in [0.29, 0.717) is 0 Å². The van der Waals surface area contributed by atoms with Crippen molar-refractivity contribution in [2.24, 2.45) is 5.92 Å².